The molecule has 1 saturated carbocycles. The average molecular weight is 261 g/mol. The van der Waals surface area contributed by atoms with Crippen LogP contribution in [-0.4, -0.2) is 13.2 Å². The smallest absolute Gasteiger partial charge is 0.121 e. The fourth-order valence-corrected chi connectivity index (χ4v) is 3.10. The number of benzene rings is 1. The summed E-state index contributed by atoms with van der Waals surface area (Å²) in [7, 11) is 1.73. The molecule has 1 aromatic rings. The van der Waals surface area contributed by atoms with Crippen molar-refractivity contribution in [3.8, 4) is 5.75 Å². The van der Waals surface area contributed by atoms with Crippen molar-refractivity contribution < 1.29 is 4.74 Å². The van der Waals surface area contributed by atoms with Gasteiger partial charge in [0.2, 0.25) is 0 Å². The Morgan fingerprint density at radius 3 is 2.74 bits per heavy atom. The molecule has 1 aromatic carbocycles. The summed E-state index contributed by atoms with van der Waals surface area (Å²) in [5.74, 6) is 1.79. The summed E-state index contributed by atoms with van der Waals surface area (Å²) in [6, 6.07) is 7.15. The van der Waals surface area contributed by atoms with Crippen LogP contribution in [0, 0.1) is 12.8 Å². The number of hydrogen-bond donors (Lipinski definition) is 1. The number of ether oxygens (including phenoxy) is 1. The van der Waals surface area contributed by atoms with Gasteiger partial charge >= 0.3 is 0 Å². The van der Waals surface area contributed by atoms with E-state index in [-0.39, 0.29) is 0 Å². The molecule has 0 aromatic heterocycles. The fraction of sp³-hybridized carbons (Fsp3) is 0.647. The first-order chi connectivity index (χ1) is 9.20. The Morgan fingerprint density at radius 2 is 2.00 bits per heavy atom. The highest BCUT2D eigenvalue weighted by Gasteiger charge is 2.19. The third-order valence-corrected chi connectivity index (χ3v) is 4.39. The Balaban J connectivity index is 1.92. The van der Waals surface area contributed by atoms with E-state index in [1.807, 2.05) is 0 Å². The van der Waals surface area contributed by atoms with Crippen LogP contribution >= 0.6 is 0 Å². The third kappa shape index (κ3) is 3.97. The molecule has 2 nitrogen and oxygen atoms in total. The van der Waals surface area contributed by atoms with E-state index in [0.29, 0.717) is 6.04 Å². The van der Waals surface area contributed by atoms with Crippen molar-refractivity contribution in [3.63, 3.8) is 0 Å². The zero-order valence-corrected chi connectivity index (χ0v) is 12.5. The minimum absolute atomic E-state index is 0.685. The summed E-state index contributed by atoms with van der Waals surface area (Å²) in [6.07, 6.45) is 6.89. The standard InChI is InChI=1S/C17H27NO/c1-13-7-5-4-6-8-16(13)18-12-15-9-10-17(19-3)14(2)11-15/h9-11,13,16,18H,4-8,12H2,1-3H3. The van der Waals surface area contributed by atoms with Crippen molar-refractivity contribution in [1.82, 2.24) is 5.32 Å². The van der Waals surface area contributed by atoms with Crippen molar-refractivity contribution in [2.75, 3.05) is 7.11 Å². The van der Waals surface area contributed by atoms with Crippen LogP contribution in [0.4, 0.5) is 0 Å². The molecule has 0 amide bonds. The van der Waals surface area contributed by atoms with Crippen LogP contribution in [0.25, 0.3) is 0 Å². The number of rotatable bonds is 4. The van der Waals surface area contributed by atoms with E-state index in [0.717, 1.165) is 18.2 Å². The maximum absolute atomic E-state index is 5.31. The van der Waals surface area contributed by atoms with Crippen LogP contribution in [0.1, 0.15) is 50.2 Å². The lowest BCUT2D eigenvalue weighted by atomic mass is 9.96. The molecule has 0 saturated heterocycles. The normalized spacial score (nSPS) is 23.9. The van der Waals surface area contributed by atoms with E-state index in [1.165, 1.54) is 43.2 Å². The summed E-state index contributed by atoms with van der Waals surface area (Å²) in [5, 5.41) is 3.75. The fourth-order valence-electron chi connectivity index (χ4n) is 3.10. The minimum atomic E-state index is 0.685. The van der Waals surface area contributed by atoms with Gasteiger partial charge in [-0.2, -0.15) is 0 Å². The number of hydrogen-bond acceptors (Lipinski definition) is 2. The highest BCUT2D eigenvalue weighted by atomic mass is 16.5. The summed E-state index contributed by atoms with van der Waals surface area (Å²) in [6.45, 7) is 5.47. The quantitative estimate of drug-likeness (QED) is 0.825. The molecule has 2 rings (SSSR count). The maximum atomic E-state index is 5.31. The van der Waals surface area contributed by atoms with Gasteiger partial charge in [0.25, 0.3) is 0 Å². The van der Waals surface area contributed by atoms with E-state index in [2.05, 4.69) is 37.4 Å². The van der Waals surface area contributed by atoms with Gasteiger partial charge in [-0.15, -0.1) is 0 Å². The van der Waals surface area contributed by atoms with Crippen LogP contribution in [-0.2, 0) is 6.54 Å². The van der Waals surface area contributed by atoms with Crippen molar-refractivity contribution in [3.05, 3.63) is 29.3 Å². The van der Waals surface area contributed by atoms with Gasteiger partial charge in [-0.05, 0) is 42.9 Å². The highest BCUT2D eigenvalue weighted by Crippen LogP contribution is 2.24. The molecule has 2 unspecified atom stereocenters. The van der Waals surface area contributed by atoms with Gasteiger partial charge in [-0.3, -0.25) is 0 Å². The Morgan fingerprint density at radius 1 is 1.21 bits per heavy atom. The molecule has 1 aliphatic rings. The van der Waals surface area contributed by atoms with Gasteiger partial charge in [-0.25, -0.2) is 0 Å². The van der Waals surface area contributed by atoms with Gasteiger partial charge < -0.3 is 10.1 Å². The van der Waals surface area contributed by atoms with Gasteiger partial charge in [0.15, 0.2) is 0 Å². The van der Waals surface area contributed by atoms with E-state index < -0.39 is 0 Å². The Bertz CT molecular complexity index is 402. The van der Waals surface area contributed by atoms with Gasteiger partial charge in [-0.1, -0.05) is 38.3 Å². The monoisotopic (exact) mass is 261 g/mol. The molecule has 1 fully saturated rings. The highest BCUT2D eigenvalue weighted by molar-refractivity contribution is 5.36. The predicted molar refractivity (Wildman–Crippen MR) is 80.6 cm³/mol. The minimum Gasteiger partial charge on any atom is -0.496 e. The number of aryl methyl sites for hydroxylation is 1. The molecule has 1 aliphatic carbocycles. The van der Waals surface area contributed by atoms with Crippen molar-refractivity contribution in [2.45, 2.75) is 58.5 Å². The molecule has 0 aliphatic heterocycles. The molecule has 0 heterocycles. The van der Waals surface area contributed by atoms with E-state index in [1.54, 1.807) is 7.11 Å². The topological polar surface area (TPSA) is 21.3 Å². The Hall–Kier alpha value is -1.02. The molecule has 2 heteroatoms. The first-order valence-corrected chi connectivity index (χ1v) is 7.57. The van der Waals surface area contributed by atoms with Crippen LogP contribution in [0.5, 0.6) is 5.75 Å². The lowest BCUT2D eigenvalue weighted by Gasteiger charge is -2.23. The van der Waals surface area contributed by atoms with Gasteiger partial charge in [0.1, 0.15) is 5.75 Å². The maximum Gasteiger partial charge on any atom is 0.121 e. The molecule has 2 atom stereocenters. The van der Waals surface area contributed by atoms with Gasteiger partial charge in [0, 0.05) is 12.6 Å². The van der Waals surface area contributed by atoms with Crippen LogP contribution in [0.15, 0.2) is 18.2 Å². The Labute approximate surface area is 117 Å². The molecule has 0 radical (unpaired) electrons. The Kier molecular flexibility index (Phi) is 5.26. The summed E-state index contributed by atoms with van der Waals surface area (Å²) >= 11 is 0. The van der Waals surface area contributed by atoms with Gasteiger partial charge in [0.05, 0.1) is 7.11 Å². The average Bonchev–Trinajstić information content (AvgIpc) is 2.61. The largest absolute Gasteiger partial charge is 0.496 e. The molecule has 1 N–H and O–H groups in total. The van der Waals surface area contributed by atoms with Crippen molar-refractivity contribution >= 4 is 0 Å². The summed E-state index contributed by atoms with van der Waals surface area (Å²) in [4.78, 5) is 0. The molecular weight excluding hydrogens is 234 g/mol. The summed E-state index contributed by atoms with van der Waals surface area (Å²) < 4.78 is 5.31. The second-order valence-corrected chi connectivity index (χ2v) is 5.91. The molecule has 106 valence electrons. The lowest BCUT2D eigenvalue weighted by Crippen LogP contribution is -2.33. The molecule has 0 bridgehead atoms. The number of nitrogens with one attached hydrogen (secondary N) is 1. The molecule has 19 heavy (non-hydrogen) atoms. The third-order valence-electron chi connectivity index (χ3n) is 4.39. The lowest BCUT2D eigenvalue weighted by molar-refractivity contribution is 0.356. The van der Waals surface area contributed by atoms with Crippen molar-refractivity contribution in [1.29, 1.82) is 0 Å². The first-order valence-electron chi connectivity index (χ1n) is 7.57. The molecular formula is C17H27NO. The van der Waals surface area contributed by atoms with Crippen molar-refractivity contribution in [2.24, 2.45) is 5.92 Å². The SMILES string of the molecule is COc1ccc(CNC2CCCCCC2C)cc1C. The zero-order valence-electron chi connectivity index (χ0n) is 12.5. The predicted octanol–water partition coefficient (Wildman–Crippen LogP) is 4.06. The van der Waals surface area contributed by atoms with Crippen LogP contribution in [0.2, 0.25) is 0 Å². The first kappa shape index (κ1) is 14.4. The van der Waals surface area contributed by atoms with Crippen LogP contribution < -0.4 is 10.1 Å². The second-order valence-electron chi connectivity index (χ2n) is 5.91. The zero-order chi connectivity index (χ0) is 13.7. The van der Waals surface area contributed by atoms with E-state index >= 15 is 0 Å². The van der Waals surface area contributed by atoms with E-state index in [9.17, 15) is 0 Å². The number of methoxy groups -OCH3 is 1. The van der Waals surface area contributed by atoms with Crippen LogP contribution in [0.3, 0.4) is 0 Å². The summed E-state index contributed by atoms with van der Waals surface area (Å²) in [5.41, 5.74) is 2.57. The molecule has 0 spiro atoms. The second kappa shape index (κ2) is 6.95. The van der Waals surface area contributed by atoms with E-state index in [4.69, 9.17) is 4.74 Å².